The molecule has 8 heteroatoms. The zero-order chi connectivity index (χ0) is 19.5. The number of ether oxygens (including phenoxy) is 3. The van der Waals surface area contributed by atoms with Crippen LogP contribution in [0.4, 0.5) is 5.82 Å². The van der Waals surface area contributed by atoms with E-state index in [0.717, 1.165) is 30.9 Å². The average molecular weight is 384 g/mol. The number of methoxy groups -OCH3 is 2. The van der Waals surface area contributed by atoms with Gasteiger partial charge in [-0.25, -0.2) is 9.97 Å². The summed E-state index contributed by atoms with van der Waals surface area (Å²) in [6.45, 7) is 4.09. The topological polar surface area (TPSA) is 77.0 Å². The van der Waals surface area contributed by atoms with Gasteiger partial charge in [-0.3, -0.25) is 4.79 Å². The maximum absolute atomic E-state index is 12.9. The molecular formula is C20H24N4O4. The Hall–Kier alpha value is -2.87. The molecule has 1 aromatic heterocycles. The van der Waals surface area contributed by atoms with Crippen LogP contribution in [0, 0.1) is 0 Å². The van der Waals surface area contributed by atoms with E-state index >= 15 is 0 Å². The van der Waals surface area contributed by atoms with Gasteiger partial charge in [0, 0.05) is 26.2 Å². The number of amides is 1. The smallest absolute Gasteiger partial charge is 0.274 e. The molecule has 28 heavy (non-hydrogen) atoms. The lowest BCUT2D eigenvalue weighted by Crippen LogP contribution is -2.38. The van der Waals surface area contributed by atoms with Gasteiger partial charge in [0.25, 0.3) is 5.91 Å². The third-order valence-corrected chi connectivity index (χ3v) is 5.20. The highest BCUT2D eigenvalue weighted by molar-refractivity contribution is 5.92. The highest BCUT2D eigenvalue weighted by Gasteiger charge is 2.25. The molecule has 0 atom stereocenters. The van der Waals surface area contributed by atoms with Crippen molar-refractivity contribution in [2.24, 2.45) is 0 Å². The molecule has 0 N–H and O–H groups in total. The number of aromatic nitrogens is 2. The van der Waals surface area contributed by atoms with Gasteiger partial charge in [-0.2, -0.15) is 0 Å². The van der Waals surface area contributed by atoms with E-state index < -0.39 is 0 Å². The molecule has 2 aromatic rings. The molecule has 1 saturated heterocycles. The van der Waals surface area contributed by atoms with Gasteiger partial charge in [-0.1, -0.05) is 0 Å². The molecule has 1 aromatic carbocycles. The Kier molecular flexibility index (Phi) is 5.29. The molecule has 1 fully saturated rings. The fraction of sp³-hybridized carbons (Fsp3) is 0.450. The number of rotatable bonds is 4. The molecule has 4 rings (SSSR count). The predicted octanol–water partition coefficient (Wildman–Crippen LogP) is 1.53. The van der Waals surface area contributed by atoms with Crippen LogP contribution in [0.1, 0.15) is 21.6 Å². The molecule has 0 saturated carbocycles. The van der Waals surface area contributed by atoms with Crippen LogP contribution in [0.15, 0.2) is 24.5 Å². The van der Waals surface area contributed by atoms with Crippen molar-refractivity contribution in [2.75, 3.05) is 52.0 Å². The number of hydrogen-bond acceptors (Lipinski definition) is 7. The number of carbonyl (C=O) groups is 1. The summed E-state index contributed by atoms with van der Waals surface area (Å²) in [6.07, 6.45) is 4.00. The molecule has 148 valence electrons. The van der Waals surface area contributed by atoms with Crippen LogP contribution in [-0.4, -0.2) is 67.8 Å². The molecular weight excluding hydrogens is 360 g/mol. The lowest BCUT2D eigenvalue weighted by molar-refractivity contribution is 0.0728. The van der Waals surface area contributed by atoms with Crippen molar-refractivity contribution < 1.29 is 19.0 Å². The molecule has 3 heterocycles. The Morgan fingerprint density at radius 3 is 2.36 bits per heavy atom. The summed E-state index contributed by atoms with van der Waals surface area (Å²) in [4.78, 5) is 25.6. The second kappa shape index (κ2) is 8.02. The van der Waals surface area contributed by atoms with Gasteiger partial charge in [0.15, 0.2) is 11.5 Å². The molecule has 2 aliphatic rings. The van der Waals surface area contributed by atoms with Crippen molar-refractivity contribution in [3.05, 3.63) is 41.3 Å². The van der Waals surface area contributed by atoms with Crippen molar-refractivity contribution in [1.82, 2.24) is 14.9 Å². The van der Waals surface area contributed by atoms with E-state index in [9.17, 15) is 4.79 Å². The first-order valence-corrected chi connectivity index (χ1v) is 9.37. The zero-order valence-corrected chi connectivity index (χ0v) is 16.2. The number of benzene rings is 1. The van der Waals surface area contributed by atoms with E-state index in [2.05, 4.69) is 14.9 Å². The third kappa shape index (κ3) is 3.60. The van der Waals surface area contributed by atoms with Crippen LogP contribution in [0.3, 0.4) is 0 Å². The highest BCUT2D eigenvalue weighted by Crippen LogP contribution is 2.33. The quantitative estimate of drug-likeness (QED) is 0.791. The largest absolute Gasteiger partial charge is 0.493 e. The fourth-order valence-electron chi connectivity index (χ4n) is 3.61. The van der Waals surface area contributed by atoms with E-state index in [4.69, 9.17) is 14.2 Å². The Morgan fingerprint density at radius 1 is 1.00 bits per heavy atom. The van der Waals surface area contributed by atoms with Gasteiger partial charge in [0.05, 0.1) is 39.8 Å². The van der Waals surface area contributed by atoms with E-state index in [1.165, 1.54) is 5.56 Å². The summed E-state index contributed by atoms with van der Waals surface area (Å²) in [5.74, 6) is 2.05. The minimum Gasteiger partial charge on any atom is -0.493 e. The Balaban J connectivity index is 1.48. The summed E-state index contributed by atoms with van der Waals surface area (Å²) in [7, 11) is 3.24. The number of fused-ring (bicyclic) bond motifs is 1. The normalized spacial score (nSPS) is 16.5. The SMILES string of the molecule is COc1cc2c(cc1OC)CN(C(=O)c1cnc(N3CCOCC3)cn1)CC2. The Bertz CT molecular complexity index is 850. The third-order valence-electron chi connectivity index (χ3n) is 5.20. The van der Waals surface area contributed by atoms with Gasteiger partial charge in [0.1, 0.15) is 11.5 Å². The first-order chi connectivity index (χ1) is 13.7. The van der Waals surface area contributed by atoms with Gasteiger partial charge in [0.2, 0.25) is 0 Å². The summed E-state index contributed by atoms with van der Waals surface area (Å²) in [6, 6.07) is 3.94. The highest BCUT2D eigenvalue weighted by atomic mass is 16.5. The van der Waals surface area contributed by atoms with E-state index in [0.29, 0.717) is 43.5 Å². The summed E-state index contributed by atoms with van der Waals surface area (Å²) in [5, 5.41) is 0. The van der Waals surface area contributed by atoms with Gasteiger partial charge < -0.3 is 24.0 Å². The number of nitrogens with zero attached hydrogens (tertiary/aromatic N) is 4. The van der Waals surface area contributed by atoms with Crippen molar-refractivity contribution >= 4 is 11.7 Å². The average Bonchev–Trinajstić information content (AvgIpc) is 2.78. The zero-order valence-electron chi connectivity index (χ0n) is 16.2. The van der Waals surface area contributed by atoms with Crippen LogP contribution >= 0.6 is 0 Å². The van der Waals surface area contributed by atoms with Crippen molar-refractivity contribution in [3.8, 4) is 11.5 Å². The fourth-order valence-corrected chi connectivity index (χ4v) is 3.61. The van der Waals surface area contributed by atoms with Crippen LogP contribution < -0.4 is 14.4 Å². The molecule has 0 aliphatic carbocycles. The first-order valence-electron chi connectivity index (χ1n) is 9.37. The lowest BCUT2D eigenvalue weighted by atomic mass is 9.98. The monoisotopic (exact) mass is 384 g/mol. The van der Waals surface area contributed by atoms with Crippen LogP contribution in [-0.2, 0) is 17.7 Å². The number of carbonyl (C=O) groups excluding carboxylic acids is 1. The predicted molar refractivity (Wildman–Crippen MR) is 103 cm³/mol. The van der Waals surface area contributed by atoms with Crippen LogP contribution in [0.2, 0.25) is 0 Å². The first kappa shape index (κ1) is 18.5. The maximum atomic E-state index is 12.9. The van der Waals surface area contributed by atoms with Crippen molar-refractivity contribution in [2.45, 2.75) is 13.0 Å². The lowest BCUT2D eigenvalue weighted by Gasteiger charge is -2.30. The number of morpholine rings is 1. The second-order valence-electron chi connectivity index (χ2n) is 6.81. The summed E-state index contributed by atoms with van der Waals surface area (Å²) < 4.78 is 16.1. The number of anilines is 1. The molecule has 0 radical (unpaired) electrons. The molecule has 1 amide bonds. The molecule has 0 bridgehead atoms. The Labute approximate surface area is 164 Å². The standard InChI is InChI=1S/C20H24N4O4/c1-26-17-9-14-3-4-24(13-15(14)10-18(17)27-2)20(25)16-11-22-19(12-21-16)23-5-7-28-8-6-23/h9-12H,3-8,13H2,1-2H3. The van der Waals surface area contributed by atoms with E-state index in [-0.39, 0.29) is 5.91 Å². The molecule has 0 unspecified atom stereocenters. The van der Waals surface area contributed by atoms with E-state index in [1.807, 2.05) is 12.1 Å². The number of hydrogen-bond donors (Lipinski definition) is 0. The minimum absolute atomic E-state index is 0.110. The van der Waals surface area contributed by atoms with Gasteiger partial charge in [-0.15, -0.1) is 0 Å². The summed E-state index contributed by atoms with van der Waals surface area (Å²) in [5.41, 5.74) is 2.60. The van der Waals surface area contributed by atoms with Gasteiger partial charge >= 0.3 is 0 Å². The van der Waals surface area contributed by atoms with Crippen molar-refractivity contribution in [1.29, 1.82) is 0 Å². The summed E-state index contributed by atoms with van der Waals surface area (Å²) >= 11 is 0. The molecule has 0 spiro atoms. The van der Waals surface area contributed by atoms with Crippen LogP contribution in [0.5, 0.6) is 11.5 Å². The minimum atomic E-state index is -0.110. The van der Waals surface area contributed by atoms with Crippen molar-refractivity contribution in [3.63, 3.8) is 0 Å². The molecule has 2 aliphatic heterocycles. The van der Waals surface area contributed by atoms with Crippen LogP contribution in [0.25, 0.3) is 0 Å². The Morgan fingerprint density at radius 2 is 1.71 bits per heavy atom. The second-order valence-corrected chi connectivity index (χ2v) is 6.81. The van der Waals surface area contributed by atoms with E-state index in [1.54, 1.807) is 31.5 Å². The molecule has 8 nitrogen and oxygen atoms in total. The van der Waals surface area contributed by atoms with Gasteiger partial charge in [-0.05, 0) is 29.7 Å². The maximum Gasteiger partial charge on any atom is 0.274 e.